The van der Waals surface area contributed by atoms with Crippen LogP contribution in [-0.2, 0) is 4.79 Å². The Morgan fingerprint density at radius 3 is 2.76 bits per heavy atom. The van der Waals surface area contributed by atoms with Crippen molar-refractivity contribution < 1.29 is 4.79 Å². The van der Waals surface area contributed by atoms with Crippen molar-refractivity contribution in [3.05, 3.63) is 53.8 Å². The van der Waals surface area contributed by atoms with Gasteiger partial charge in [-0.15, -0.1) is 10.2 Å². The number of aromatic nitrogens is 4. The number of rotatable bonds is 5. The third-order valence-corrected chi connectivity index (χ3v) is 6.23. The zero-order chi connectivity index (χ0) is 20.2. The van der Waals surface area contributed by atoms with E-state index < -0.39 is 0 Å². The number of carbonyl (C=O) groups excluding carboxylic acids is 1. The van der Waals surface area contributed by atoms with Crippen LogP contribution in [0.15, 0.2) is 53.9 Å². The van der Waals surface area contributed by atoms with Gasteiger partial charge in [0.2, 0.25) is 5.91 Å². The summed E-state index contributed by atoms with van der Waals surface area (Å²) in [6.45, 7) is 3.91. The number of piperidine rings is 1. The first-order valence-corrected chi connectivity index (χ1v) is 11.0. The maximum Gasteiger partial charge on any atom is 0.233 e. The fraction of sp³-hybridized carbons (Fsp3) is 0.333. The van der Waals surface area contributed by atoms with Crippen LogP contribution in [0.1, 0.15) is 19.8 Å². The molecule has 0 spiro atoms. The van der Waals surface area contributed by atoms with Gasteiger partial charge in [0.05, 0.1) is 11.4 Å². The highest BCUT2D eigenvalue weighted by molar-refractivity contribution is 7.99. The van der Waals surface area contributed by atoms with Gasteiger partial charge < -0.3 is 4.90 Å². The van der Waals surface area contributed by atoms with E-state index in [4.69, 9.17) is 11.6 Å². The SMILES string of the molecule is CC1CCN(C(=O)CSc2nnc(-c3cccnc3)n2-c2cccc(Cl)c2)CC1. The quantitative estimate of drug-likeness (QED) is 0.567. The summed E-state index contributed by atoms with van der Waals surface area (Å²) in [5, 5.41) is 10.0. The maximum absolute atomic E-state index is 12.7. The Balaban J connectivity index is 1.60. The van der Waals surface area contributed by atoms with E-state index in [1.807, 2.05) is 45.9 Å². The Hall–Kier alpha value is -2.38. The first kappa shape index (κ1) is 19.9. The summed E-state index contributed by atoms with van der Waals surface area (Å²) in [6, 6.07) is 11.3. The fourth-order valence-corrected chi connectivity index (χ4v) is 4.41. The molecule has 0 aliphatic carbocycles. The molecule has 8 heteroatoms. The molecular weight excluding hydrogens is 406 g/mol. The Bertz CT molecular complexity index is 986. The van der Waals surface area contributed by atoms with Crippen LogP contribution in [0.4, 0.5) is 0 Å². The standard InChI is InChI=1S/C21H22ClN5OS/c1-15-7-10-26(11-8-15)19(28)14-29-21-25-24-20(16-4-3-9-23-13-16)27(21)18-6-2-5-17(22)12-18/h2-6,9,12-13,15H,7-8,10-11,14H2,1H3. The number of nitrogens with zero attached hydrogens (tertiary/aromatic N) is 5. The molecule has 0 atom stereocenters. The number of benzene rings is 1. The van der Waals surface area contributed by atoms with Crippen molar-refractivity contribution in [1.29, 1.82) is 0 Å². The zero-order valence-electron chi connectivity index (χ0n) is 16.2. The van der Waals surface area contributed by atoms with E-state index in [1.165, 1.54) is 11.8 Å². The van der Waals surface area contributed by atoms with Gasteiger partial charge in [0.15, 0.2) is 11.0 Å². The predicted octanol–water partition coefficient (Wildman–Crippen LogP) is 4.33. The molecule has 1 amide bonds. The molecule has 6 nitrogen and oxygen atoms in total. The third-order valence-electron chi connectivity index (χ3n) is 5.08. The summed E-state index contributed by atoms with van der Waals surface area (Å²) in [5.41, 5.74) is 1.70. The minimum Gasteiger partial charge on any atom is -0.342 e. The highest BCUT2D eigenvalue weighted by Gasteiger charge is 2.22. The van der Waals surface area contributed by atoms with Crippen molar-refractivity contribution in [3.8, 4) is 17.1 Å². The molecule has 2 aromatic heterocycles. The minimum absolute atomic E-state index is 0.144. The third kappa shape index (κ3) is 4.62. The first-order valence-electron chi connectivity index (χ1n) is 9.64. The lowest BCUT2D eigenvalue weighted by molar-refractivity contribution is -0.129. The molecule has 0 bridgehead atoms. The molecule has 3 heterocycles. The average Bonchev–Trinajstić information content (AvgIpc) is 3.17. The van der Waals surface area contributed by atoms with Crippen molar-refractivity contribution in [2.45, 2.75) is 24.9 Å². The van der Waals surface area contributed by atoms with Crippen LogP contribution in [0, 0.1) is 5.92 Å². The van der Waals surface area contributed by atoms with Gasteiger partial charge in [-0.1, -0.05) is 36.4 Å². The minimum atomic E-state index is 0.144. The van der Waals surface area contributed by atoms with E-state index in [1.54, 1.807) is 12.4 Å². The Morgan fingerprint density at radius 2 is 2.03 bits per heavy atom. The zero-order valence-corrected chi connectivity index (χ0v) is 17.7. The van der Waals surface area contributed by atoms with Gasteiger partial charge >= 0.3 is 0 Å². The molecule has 1 aliphatic heterocycles. The van der Waals surface area contributed by atoms with E-state index in [2.05, 4.69) is 22.1 Å². The number of carbonyl (C=O) groups is 1. The van der Waals surface area contributed by atoms with E-state index in [-0.39, 0.29) is 5.91 Å². The summed E-state index contributed by atoms with van der Waals surface area (Å²) in [5.74, 6) is 1.84. The van der Waals surface area contributed by atoms with Gasteiger partial charge in [-0.3, -0.25) is 14.3 Å². The van der Waals surface area contributed by atoms with Crippen LogP contribution in [0.25, 0.3) is 17.1 Å². The molecule has 0 saturated carbocycles. The van der Waals surface area contributed by atoms with E-state index >= 15 is 0 Å². The summed E-state index contributed by atoms with van der Waals surface area (Å²) in [7, 11) is 0. The lowest BCUT2D eigenvalue weighted by Gasteiger charge is -2.30. The molecule has 3 aromatic rings. The topological polar surface area (TPSA) is 63.9 Å². The van der Waals surface area contributed by atoms with Crippen molar-refractivity contribution in [1.82, 2.24) is 24.6 Å². The lowest BCUT2D eigenvalue weighted by atomic mass is 9.99. The highest BCUT2D eigenvalue weighted by Crippen LogP contribution is 2.29. The van der Waals surface area contributed by atoms with Crippen molar-refractivity contribution >= 4 is 29.3 Å². The molecule has 4 rings (SSSR count). The summed E-state index contributed by atoms with van der Waals surface area (Å²) < 4.78 is 1.93. The molecular formula is C21H22ClN5OS. The molecule has 150 valence electrons. The summed E-state index contributed by atoms with van der Waals surface area (Å²) in [6.07, 6.45) is 5.61. The van der Waals surface area contributed by atoms with Gasteiger partial charge in [-0.25, -0.2) is 0 Å². The van der Waals surface area contributed by atoms with Crippen LogP contribution in [0.2, 0.25) is 5.02 Å². The van der Waals surface area contributed by atoms with Crippen LogP contribution in [-0.4, -0.2) is 49.4 Å². The lowest BCUT2D eigenvalue weighted by Crippen LogP contribution is -2.38. The highest BCUT2D eigenvalue weighted by atomic mass is 35.5. The molecule has 1 saturated heterocycles. The number of pyridine rings is 1. The van der Waals surface area contributed by atoms with Gasteiger partial charge in [0, 0.05) is 36.1 Å². The predicted molar refractivity (Wildman–Crippen MR) is 115 cm³/mol. The van der Waals surface area contributed by atoms with Crippen LogP contribution in [0.5, 0.6) is 0 Å². The smallest absolute Gasteiger partial charge is 0.233 e. The number of amides is 1. The Morgan fingerprint density at radius 1 is 1.21 bits per heavy atom. The van der Waals surface area contributed by atoms with Crippen molar-refractivity contribution in [3.63, 3.8) is 0 Å². The molecule has 1 fully saturated rings. The summed E-state index contributed by atoms with van der Waals surface area (Å²) >= 11 is 7.62. The summed E-state index contributed by atoms with van der Waals surface area (Å²) in [4.78, 5) is 18.8. The van der Waals surface area contributed by atoms with E-state index in [0.717, 1.165) is 37.2 Å². The number of hydrogen-bond donors (Lipinski definition) is 0. The van der Waals surface area contributed by atoms with Crippen molar-refractivity contribution in [2.75, 3.05) is 18.8 Å². The molecule has 1 aliphatic rings. The molecule has 1 aromatic carbocycles. The molecule has 0 radical (unpaired) electrons. The van der Waals surface area contributed by atoms with Gasteiger partial charge in [0.25, 0.3) is 0 Å². The monoisotopic (exact) mass is 427 g/mol. The second-order valence-corrected chi connectivity index (χ2v) is 8.59. The number of halogens is 1. The van der Waals surface area contributed by atoms with Gasteiger partial charge in [0.1, 0.15) is 0 Å². The fourth-order valence-electron chi connectivity index (χ4n) is 3.37. The average molecular weight is 428 g/mol. The first-order chi connectivity index (χ1) is 14.1. The second kappa shape index (κ2) is 8.97. The van der Waals surface area contributed by atoms with Crippen LogP contribution < -0.4 is 0 Å². The second-order valence-electron chi connectivity index (χ2n) is 7.22. The number of thioether (sulfide) groups is 1. The largest absolute Gasteiger partial charge is 0.342 e. The van der Waals surface area contributed by atoms with Crippen LogP contribution >= 0.6 is 23.4 Å². The van der Waals surface area contributed by atoms with Crippen molar-refractivity contribution in [2.24, 2.45) is 5.92 Å². The molecule has 29 heavy (non-hydrogen) atoms. The van der Waals surface area contributed by atoms with Crippen LogP contribution in [0.3, 0.4) is 0 Å². The normalized spacial score (nSPS) is 14.9. The molecule has 0 unspecified atom stereocenters. The van der Waals surface area contributed by atoms with E-state index in [0.29, 0.717) is 27.7 Å². The number of likely N-dealkylation sites (tertiary alicyclic amines) is 1. The van der Waals surface area contributed by atoms with E-state index in [9.17, 15) is 4.79 Å². The number of hydrogen-bond acceptors (Lipinski definition) is 5. The Kier molecular flexibility index (Phi) is 6.16. The van der Waals surface area contributed by atoms with Gasteiger partial charge in [-0.05, 0) is 49.1 Å². The maximum atomic E-state index is 12.7. The Labute approximate surface area is 179 Å². The molecule has 0 N–H and O–H groups in total. The van der Waals surface area contributed by atoms with Gasteiger partial charge in [-0.2, -0.15) is 0 Å².